The molecular formula is C19H34N2. The maximum atomic E-state index is 5.41. The monoisotopic (exact) mass is 290 g/mol. The van der Waals surface area contributed by atoms with Gasteiger partial charge in [-0.05, 0) is 23.8 Å². The Labute approximate surface area is 132 Å². The number of hydrogen-bond donors (Lipinski definition) is 0. The van der Waals surface area contributed by atoms with Crippen molar-refractivity contribution in [3.05, 3.63) is 11.3 Å². The molecule has 0 aromatic carbocycles. The van der Waals surface area contributed by atoms with Crippen LogP contribution in [0.3, 0.4) is 0 Å². The Bertz CT molecular complexity index is 412. The van der Waals surface area contributed by atoms with E-state index in [2.05, 4.69) is 64.4 Å². The van der Waals surface area contributed by atoms with E-state index in [4.69, 9.17) is 6.42 Å². The normalized spacial score (nSPS) is 17.5. The van der Waals surface area contributed by atoms with Crippen LogP contribution >= 0.6 is 0 Å². The van der Waals surface area contributed by atoms with E-state index in [0.717, 1.165) is 32.5 Å². The molecule has 0 aliphatic carbocycles. The standard InChI is InChI=1S/C19H34N2/c1-9-11-12-14-20-15-16(18(3,4)5)17(19(6,7)8)21(20)13-10-2/h1H,10-15H2,2-8H3. The number of terminal acetylenes is 1. The zero-order valence-corrected chi connectivity index (χ0v) is 15.2. The number of hydrogen-bond acceptors (Lipinski definition) is 2. The lowest BCUT2D eigenvalue weighted by atomic mass is 9.79. The lowest BCUT2D eigenvalue weighted by molar-refractivity contribution is 0.0216. The molecule has 0 atom stereocenters. The molecule has 0 unspecified atom stereocenters. The smallest absolute Gasteiger partial charge is 0.0417 e. The van der Waals surface area contributed by atoms with Crippen LogP contribution in [-0.2, 0) is 0 Å². The fourth-order valence-electron chi connectivity index (χ4n) is 3.10. The molecule has 0 saturated carbocycles. The highest BCUT2D eigenvalue weighted by atomic mass is 15.6. The number of unbranched alkanes of at least 4 members (excludes halogenated alkanes) is 1. The van der Waals surface area contributed by atoms with Gasteiger partial charge in [0.1, 0.15) is 0 Å². The summed E-state index contributed by atoms with van der Waals surface area (Å²) < 4.78 is 0. The van der Waals surface area contributed by atoms with Crippen LogP contribution in [0.15, 0.2) is 11.3 Å². The van der Waals surface area contributed by atoms with Crippen LogP contribution in [0.5, 0.6) is 0 Å². The molecule has 0 aromatic heterocycles. The maximum absolute atomic E-state index is 5.41. The van der Waals surface area contributed by atoms with Crippen molar-refractivity contribution in [3.8, 4) is 12.3 Å². The number of allylic oxidation sites excluding steroid dienone is 1. The predicted octanol–water partition coefficient (Wildman–Crippen LogP) is 4.69. The van der Waals surface area contributed by atoms with Gasteiger partial charge in [0.25, 0.3) is 0 Å². The molecule has 0 aromatic rings. The van der Waals surface area contributed by atoms with Gasteiger partial charge < -0.3 is 5.01 Å². The molecule has 0 spiro atoms. The Morgan fingerprint density at radius 3 is 2.10 bits per heavy atom. The van der Waals surface area contributed by atoms with Crippen molar-refractivity contribution in [2.45, 2.75) is 67.7 Å². The first-order valence-corrected chi connectivity index (χ1v) is 8.33. The molecule has 1 aliphatic heterocycles. The fourth-order valence-corrected chi connectivity index (χ4v) is 3.10. The summed E-state index contributed by atoms with van der Waals surface area (Å²) in [4.78, 5) is 0. The van der Waals surface area contributed by atoms with Crippen LogP contribution in [0, 0.1) is 23.2 Å². The Kier molecular flexibility index (Phi) is 5.93. The predicted molar refractivity (Wildman–Crippen MR) is 92.6 cm³/mol. The van der Waals surface area contributed by atoms with Crippen molar-refractivity contribution in [2.75, 3.05) is 19.6 Å². The van der Waals surface area contributed by atoms with Crippen LogP contribution in [0.2, 0.25) is 0 Å². The van der Waals surface area contributed by atoms with E-state index in [1.165, 1.54) is 12.1 Å². The first-order chi connectivity index (χ1) is 9.62. The summed E-state index contributed by atoms with van der Waals surface area (Å²) >= 11 is 0. The fraction of sp³-hybridized carbons (Fsp3) is 0.789. The van der Waals surface area contributed by atoms with E-state index in [1.54, 1.807) is 5.57 Å². The summed E-state index contributed by atoms with van der Waals surface area (Å²) in [5, 5.41) is 5.05. The summed E-state index contributed by atoms with van der Waals surface area (Å²) in [5.41, 5.74) is 3.51. The highest BCUT2D eigenvalue weighted by Gasteiger charge is 2.39. The van der Waals surface area contributed by atoms with Crippen molar-refractivity contribution in [2.24, 2.45) is 10.8 Å². The highest BCUT2D eigenvalue weighted by molar-refractivity contribution is 5.28. The van der Waals surface area contributed by atoms with Crippen LogP contribution < -0.4 is 0 Å². The molecule has 120 valence electrons. The van der Waals surface area contributed by atoms with E-state index < -0.39 is 0 Å². The first kappa shape index (κ1) is 18.1. The number of rotatable bonds is 5. The van der Waals surface area contributed by atoms with Gasteiger partial charge in [-0.25, -0.2) is 5.01 Å². The largest absolute Gasteiger partial charge is 0.309 e. The van der Waals surface area contributed by atoms with Crippen LogP contribution in [-0.4, -0.2) is 29.7 Å². The Morgan fingerprint density at radius 2 is 1.67 bits per heavy atom. The van der Waals surface area contributed by atoms with Crippen molar-refractivity contribution in [1.82, 2.24) is 10.0 Å². The molecule has 2 nitrogen and oxygen atoms in total. The quantitative estimate of drug-likeness (QED) is 0.535. The van der Waals surface area contributed by atoms with Crippen molar-refractivity contribution < 1.29 is 0 Å². The third-order valence-electron chi connectivity index (χ3n) is 4.01. The zero-order chi connectivity index (χ0) is 16.3. The Balaban J connectivity index is 3.10. The molecule has 0 N–H and O–H groups in total. The average molecular weight is 290 g/mol. The van der Waals surface area contributed by atoms with E-state index in [9.17, 15) is 0 Å². The van der Waals surface area contributed by atoms with Gasteiger partial charge in [-0.1, -0.05) is 48.5 Å². The summed E-state index contributed by atoms with van der Waals surface area (Å²) in [6.45, 7) is 19.5. The van der Waals surface area contributed by atoms with Gasteiger partial charge in [0, 0.05) is 37.2 Å². The third kappa shape index (κ3) is 4.51. The summed E-state index contributed by atoms with van der Waals surface area (Å²) in [5.74, 6) is 2.76. The first-order valence-electron chi connectivity index (χ1n) is 8.33. The topological polar surface area (TPSA) is 6.48 Å². The van der Waals surface area contributed by atoms with Crippen LogP contribution in [0.1, 0.15) is 67.7 Å². The number of hydrazine groups is 1. The summed E-state index contributed by atoms with van der Waals surface area (Å²) in [6, 6.07) is 0. The SMILES string of the molecule is C#CCCCN1CC(C(C)(C)C)=C(C(C)(C)C)N1CCC. The molecular weight excluding hydrogens is 256 g/mol. The molecule has 0 amide bonds. The minimum absolute atomic E-state index is 0.179. The summed E-state index contributed by atoms with van der Waals surface area (Å²) in [7, 11) is 0. The van der Waals surface area contributed by atoms with E-state index in [1.807, 2.05) is 0 Å². The van der Waals surface area contributed by atoms with Gasteiger partial charge in [-0.2, -0.15) is 0 Å². The minimum Gasteiger partial charge on any atom is -0.309 e. The second-order valence-corrected chi connectivity index (χ2v) is 8.15. The third-order valence-corrected chi connectivity index (χ3v) is 4.01. The average Bonchev–Trinajstić information content (AvgIpc) is 2.69. The lowest BCUT2D eigenvalue weighted by Gasteiger charge is -2.37. The molecule has 1 rings (SSSR count). The van der Waals surface area contributed by atoms with E-state index in [0.29, 0.717) is 0 Å². The van der Waals surface area contributed by atoms with Crippen LogP contribution in [0.4, 0.5) is 0 Å². The van der Waals surface area contributed by atoms with Crippen molar-refractivity contribution in [1.29, 1.82) is 0 Å². The molecule has 2 heteroatoms. The molecule has 0 saturated heterocycles. The Hall–Kier alpha value is -0.940. The Morgan fingerprint density at radius 1 is 1.05 bits per heavy atom. The van der Waals surface area contributed by atoms with Gasteiger partial charge in [0.2, 0.25) is 0 Å². The molecule has 1 heterocycles. The van der Waals surface area contributed by atoms with E-state index in [-0.39, 0.29) is 10.8 Å². The maximum Gasteiger partial charge on any atom is 0.0417 e. The highest BCUT2D eigenvalue weighted by Crippen LogP contribution is 2.43. The molecule has 1 aliphatic rings. The van der Waals surface area contributed by atoms with Crippen molar-refractivity contribution in [3.63, 3.8) is 0 Å². The van der Waals surface area contributed by atoms with Crippen LogP contribution in [0.25, 0.3) is 0 Å². The van der Waals surface area contributed by atoms with Gasteiger partial charge >= 0.3 is 0 Å². The van der Waals surface area contributed by atoms with E-state index >= 15 is 0 Å². The number of nitrogens with zero attached hydrogens (tertiary/aromatic N) is 2. The van der Waals surface area contributed by atoms with Gasteiger partial charge in [-0.15, -0.1) is 12.3 Å². The molecule has 21 heavy (non-hydrogen) atoms. The molecule has 0 radical (unpaired) electrons. The van der Waals surface area contributed by atoms with Gasteiger partial charge in [0.15, 0.2) is 0 Å². The summed E-state index contributed by atoms with van der Waals surface area (Å²) in [6.07, 6.45) is 8.52. The van der Waals surface area contributed by atoms with Gasteiger partial charge in [0.05, 0.1) is 0 Å². The second kappa shape index (κ2) is 6.88. The van der Waals surface area contributed by atoms with Crippen molar-refractivity contribution >= 4 is 0 Å². The second-order valence-electron chi connectivity index (χ2n) is 8.15. The zero-order valence-electron chi connectivity index (χ0n) is 15.2. The molecule has 0 bridgehead atoms. The minimum atomic E-state index is 0.179. The molecule has 0 fully saturated rings. The van der Waals surface area contributed by atoms with Gasteiger partial charge in [-0.3, -0.25) is 0 Å². The lowest BCUT2D eigenvalue weighted by Crippen LogP contribution is -2.41.